The minimum Gasteiger partial charge on any atom is -0.481 e. The van der Waals surface area contributed by atoms with Crippen molar-refractivity contribution in [3.63, 3.8) is 0 Å². The second-order valence-corrected chi connectivity index (χ2v) is 5.07. The van der Waals surface area contributed by atoms with Gasteiger partial charge in [0.05, 0.1) is 24.4 Å². The Kier molecular flexibility index (Phi) is 8.48. The summed E-state index contributed by atoms with van der Waals surface area (Å²) in [6.07, 6.45) is -1.66. The lowest BCUT2D eigenvalue weighted by molar-refractivity contribution is -0.145. The van der Waals surface area contributed by atoms with Crippen LogP contribution in [0.25, 0.3) is 0 Å². The van der Waals surface area contributed by atoms with E-state index in [0.717, 1.165) is 0 Å². The molecule has 0 aliphatic heterocycles. The van der Waals surface area contributed by atoms with Gasteiger partial charge in [-0.25, -0.2) is 0 Å². The van der Waals surface area contributed by atoms with Gasteiger partial charge in [0.15, 0.2) is 5.78 Å². The van der Waals surface area contributed by atoms with E-state index < -0.39 is 66.9 Å². The molecule has 0 heterocycles. The van der Waals surface area contributed by atoms with Crippen LogP contribution in [0.15, 0.2) is 0 Å². The normalized spacial score (nSPS) is 14.3. The molecule has 10 nitrogen and oxygen atoms in total. The number of carboxylic acid groups (broad SMARTS) is 3. The summed E-state index contributed by atoms with van der Waals surface area (Å²) >= 11 is 0. The molecule has 10 heteroatoms. The van der Waals surface area contributed by atoms with Crippen LogP contribution >= 0.6 is 0 Å². The molecule has 3 atom stereocenters. The van der Waals surface area contributed by atoms with Crippen LogP contribution in [0.5, 0.6) is 0 Å². The average Bonchev–Trinajstić information content (AvgIpc) is 2.41. The van der Waals surface area contributed by atoms with Gasteiger partial charge in [-0.1, -0.05) is 0 Å². The quantitative estimate of drug-likeness (QED) is 0.310. The van der Waals surface area contributed by atoms with Crippen molar-refractivity contribution in [1.82, 2.24) is 5.32 Å². The van der Waals surface area contributed by atoms with E-state index in [4.69, 9.17) is 21.1 Å². The molecule has 0 spiro atoms. The van der Waals surface area contributed by atoms with Gasteiger partial charge >= 0.3 is 17.9 Å². The number of Topliss-reactive ketones (excluding diaryl/α,β-unsaturated/α-hetero) is 1. The monoisotopic (exact) mass is 332 g/mol. The maximum atomic E-state index is 11.9. The van der Waals surface area contributed by atoms with Gasteiger partial charge in [-0.3, -0.25) is 24.0 Å². The number of amides is 1. The van der Waals surface area contributed by atoms with E-state index in [2.05, 4.69) is 5.32 Å². The number of nitrogens with two attached hydrogens (primary N) is 1. The zero-order chi connectivity index (χ0) is 18.2. The highest BCUT2D eigenvalue weighted by Crippen LogP contribution is 2.13. The van der Waals surface area contributed by atoms with Gasteiger partial charge in [0.2, 0.25) is 5.91 Å². The Morgan fingerprint density at radius 1 is 1.00 bits per heavy atom. The smallest absolute Gasteiger partial charge is 0.306 e. The minimum atomic E-state index is -1.33. The van der Waals surface area contributed by atoms with E-state index in [9.17, 15) is 24.0 Å². The first-order valence-corrected chi connectivity index (χ1v) is 6.79. The summed E-state index contributed by atoms with van der Waals surface area (Å²) in [6.45, 7) is 1.31. The lowest BCUT2D eigenvalue weighted by atomic mass is 9.94. The first-order chi connectivity index (χ1) is 10.5. The predicted molar refractivity (Wildman–Crippen MR) is 75.5 cm³/mol. The molecule has 0 aromatic carbocycles. The Morgan fingerprint density at radius 2 is 1.57 bits per heavy atom. The average molecular weight is 332 g/mol. The van der Waals surface area contributed by atoms with Crippen LogP contribution in [0.1, 0.15) is 32.6 Å². The van der Waals surface area contributed by atoms with Crippen LogP contribution in [0.4, 0.5) is 0 Å². The fourth-order valence-corrected chi connectivity index (χ4v) is 1.71. The molecule has 0 saturated carbocycles. The second-order valence-electron chi connectivity index (χ2n) is 5.07. The summed E-state index contributed by atoms with van der Waals surface area (Å²) < 4.78 is 0. The summed E-state index contributed by atoms with van der Waals surface area (Å²) in [5, 5.41) is 28.2. The number of hydrogen-bond donors (Lipinski definition) is 5. The number of carbonyl (C=O) groups excluding carboxylic acids is 2. The SMILES string of the molecule is CC(NC(=O)C(N)CC(=O)O)C(=O)CC(CCC(=O)O)C(=O)O. The molecule has 0 aliphatic carbocycles. The molecule has 0 saturated heterocycles. The van der Waals surface area contributed by atoms with Crippen molar-refractivity contribution in [2.75, 3.05) is 0 Å². The molecule has 1 amide bonds. The molecule has 23 heavy (non-hydrogen) atoms. The highest BCUT2D eigenvalue weighted by atomic mass is 16.4. The number of hydrogen-bond acceptors (Lipinski definition) is 6. The van der Waals surface area contributed by atoms with Crippen molar-refractivity contribution < 1.29 is 39.3 Å². The third-order valence-corrected chi connectivity index (χ3v) is 3.08. The van der Waals surface area contributed by atoms with Crippen molar-refractivity contribution in [3.05, 3.63) is 0 Å². The topological polar surface area (TPSA) is 184 Å². The predicted octanol–water partition coefficient (Wildman–Crippen LogP) is -1.18. The standard InChI is InChI=1S/C13H20N2O8/c1-6(15-12(21)8(14)5-11(19)20)9(16)4-7(13(22)23)2-3-10(17)18/h6-8H,2-5,14H2,1H3,(H,15,21)(H,17,18)(H,19,20)(H,22,23). The lowest BCUT2D eigenvalue weighted by Gasteiger charge is -2.17. The van der Waals surface area contributed by atoms with Crippen LogP contribution in [-0.4, -0.2) is 57.0 Å². The number of ketones is 1. The zero-order valence-corrected chi connectivity index (χ0v) is 12.5. The Morgan fingerprint density at radius 3 is 2.00 bits per heavy atom. The third kappa shape index (κ3) is 8.51. The summed E-state index contributed by atoms with van der Waals surface area (Å²) in [4.78, 5) is 55.4. The van der Waals surface area contributed by atoms with E-state index in [1.165, 1.54) is 6.92 Å². The molecular weight excluding hydrogens is 312 g/mol. The molecule has 0 bridgehead atoms. The van der Waals surface area contributed by atoms with Crippen molar-refractivity contribution >= 4 is 29.6 Å². The van der Waals surface area contributed by atoms with Gasteiger partial charge in [0.1, 0.15) is 0 Å². The molecular formula is C13H20N2O8. The Labute approximate surface area is 131 Å². The summed E-state index contributed by atoms with van der Waals surface area (Å²) in [5.41, 5.74) is 5.33. The minimum absolute atomic E-state index is 0.213. The largest absolute Gasteiger partial charge is 0.481 e. The number of carbonyl (C=O) groups is 5. The van der Waals surface area contributed by atoms with Gasteiger partial charge < -0.3 is 26.4 Å². The maximum Gasteiger partial charge on any atom is 0.306 e. The van der Waals surface area contributed by atoms with Crippen LogP contribution in [0.2, 0.25) is 0 Å². The summed E-state index contributed by atoms with van der Waals surface area (Å²) in [6, 6.07) is -2.39. The highest BCUT2D eigenvalue weighted by Gasteiger charge is 2.27. The van der Waals surface area contributed by atoms with Crippen LogP contribution in [-0.2, 0) is 24.0 Å². The number of carboxylic acids is 3. The highest BCUT2D eigenvalue weighted by molar-refractivity contribution is 5.93. The first-order valence-electron chi connectivity index (χ1n) is 6.79. The first kappa shape index (κ1) is 20.5. The van der Waals surface area contributed by atoms with Crippen LogP contribution in [0, 0.1) is 5.92 Å². The third-order valence-electron chi connectivity index (χ3n) is 3.08. The Balaban J connectivity index is 4.56. The molecule has 3 unspecified atom stereocenters. The molecule has 6 N–H and O–H groups in total. The molecule has 130 valence electrons. The molecule has 0 aromatic heterocycles. The molecule has 0 fully saturated rings. The fourth-order valence-electron chi connectivity index (χ4n) is 1.71. The van der Waals surface area contributed by atoms with E-state index in [1.54, 1.807) is 0 Å². The Hall–Kier alpha value is -2.49. The van der Waals surface area contributed by atoms with Crippen molar-refractivity contribution in [2.24, 2.45) is 11.7 Å². The van der Waals surface area contributed by atoms with Crippen LogP contribution < -0.4 is 11.1 Å². The number of aliphatic carboxylic acids is 3. The van der Waals surface area contributed by atoms with E-state index >= 15 is 0 Å². The van der Waals surface area contributed by atoms with Gasteiger partial charge in [-0.15, -0.1) is 0 Å². The van der Waals surface area contributed by atoms with Crippen molar-refractivity contribution in [3.8, 4) is 0 Å². The van der Waals surface area contributed by atoms with Gasteiger partial charge in [0, 0.05) is 12.8 Å². The molecule has 0 aromatic rings. The lowest BCUT2D eigenvalue weighted by Crippen LogP contribution is -2.48. The maximum absolute atomic E-state index is 11.9. The summed E-state index contributed by atoms with van der Waals surface area (Å²) in [7, 11) is 0. The fraction of sp³-hybridized carbons (Fsp3) is 0.615. The van der Waals surface area contributed by atoms with Crippen LogP contribution in [0.3, 0.4) is 0 Å². The van der Waals surface area contributed by atoms with E-state index in [0.29, 0.717) is 0 Å². The molecule has 0 rings (SSSR count). The van der Waals surface area contributed by atoms with Gasteiger partial charge in [-0.2, -0.15) is 0 Å². The van der Waals surface area contributed by atoms with E-state index in [-0.39, 0.29) is 6.42 Å². The van der Waals surface area contributed by atoms with E-state index in [1.807, 2.05) is 0 Å². The zero-order valence-electron chi connectivity index (χ0n) is 12.5. The summed E-state index contributed by atoms with van der Waals surface area (Å²) in [5.74, 6) is -6.38. The Bertz CT molecular complexity index is 490. The molecule has 0 radical (unpaired) electrons. The second kappa shape index (κ2) is 9.51. The van der Waals surface area contributed by atoms with Gasteiger partial charge in [0.25, 0.3) is 0 Å². The molecule has 0 aliphatic rings. The van der Waals surface area contributed by atoms with Gasteiger partial charge in [-0.05, 0) is 13.3 Å². The number of rotatable bonds is 11. The van der Waals surface area contributed by atoms with Crippen molar-refractivity contribution in [2.45, 2.75) is 44.7 Å². The van der Waals surface area contributed by atoms with Crippen molar-refractivity contribution in [1.29, 1.82) is 0 Å². The number of nitrogens with one attached hydrogen (secondary N) is 1.